The molecule has 2 heterocycles. The molecule has 0 atom stereocenters. The van der Waals surface area contributed by atoms with E-state index in [1.807, 2.05) is 30.3 Å². The number of nitrogens with one attached hydrogen (secondary N) is 1. The van der Waals surface area contributed by atoms with Crippen molar-refractivity contribution in [1.29, 1.82) is 0 Å². The summed E-state index contributed by atoms with van der Waals surface area (Å²) in [6, 6.07) is 18.5. The van der Waals surface area contributed by atoms with Gasteiger partial charge >= 0.3 is 0 Å². The average Bonchev–Trinajstić information content (AvgIpc) is 3.08. The Morgan fingerprint density at radius 3 is 2.57 bits per heavy atom. The third kappa shape index (κ3) is 2.70. The van der Waals surface area contributed by atoms with E-state index in [1.54, 1.807) is 0 Å². The summed E-state index contributed by atoms with van der Waals surface area (Å²) in [5, 5.41) is 21.6. The molecule has 114 valence electrons. The first-order valence-electron chi connectivity index (χ1n) is 7.67. The Morgan fingerprint density at radius 1 is 0.913 bits per heavy atom. The molecular formula is C17H16N6. The molecule has 0 fully saturated rings. The third-order valence-electron chi connectivity index (χ3n) is 3.85. The second-order valence-electron chi connectivity index (χ2n) is 5.40. The smallest absolute Gasteiger partial charge is 0.207 e. The van der Waals surface area contributed by atoms with Gasteiger partial charge in [0.25, 0.3) is 0 Å². The summed E-state index contributed by atoms with van der Waals surface area (Å²) in [5.74, 6) is 0.813. The van der Waals surface area contributed by atoms with Crippen molar-refractivity contribution in [2.45, 2.75) is 12.8 Å². The van der Waals surface area contributed by atoms with E-state index >= 15 is 0 Å². The highest BCUT2D eigenvalue weighted by atomic mass is 15.6. The van der Waals surface area contributed by atoms with Crippen LogP contribution in [0.25, 0.3) is 16.4 Å². The fourth-order valence-electron chi connectivity index (χ4n) is 2.72. The summed E-state index contributed by atoms with van der Waals surface area (Å²) in [6.07, 6.45) is 2.08. The highest BCUT2D eigenvalue weighted by Crippen LogP contribution is 2.23. The first-order valence-corrected chi connectivity index (χ1v) is 7.67. The van der Waals surface area contributed by atoms with Gasteiger partial charge in [-0.25, -0.2) is 0 Å². The molecule has 0 saturated heterocycles. The molecular weight excluding hydrogens is 288 g/mol. The van der Waals surface area contributed by atoms with Crippen LogP contribution in [0.5, 0.6) is 0 Å². The molecule has 0 saturated carbocycles. The van der Waals surface area contributed by atoms with E-state index in [4.69, 9.17) is 0 Å². The molecule has 0 spiro atoms. The molecule has 6 heteroatoms. The van der Waals surface area contributed by atoms with Gasteiger partial charge in [-0.2, -0.15) is 0 Å². The van der Waals surface area contributed by atoms with Crippen LogP contribution in [0.15, 0.2) is 54.6 Å². The van der Waals surface area contributed by atoms with E-state index in [-0.39, 0.29) is 0 Å². The molecule has 4 aromatic rings. The van der Waals surface area contributed by atoms with E-state index in [9.17, 15) is 0 Å². The molecule has 0 amide bonds. The van der Waals surface area contributed by atoms with Gasteiger partial charge < -0.3 is 5.32 Å². The molecule has 0 bridgehead atoms. The molecule has 0 aliphatic carbocycles. The standard InChI is InChI=1S/C17H16N6/c1-2-7-13(8-3-1)9-6-12-18-16-14-10-4-5-11-15(14)17-19-21-22-23(17)20-16/h1-5,7-8,10-11H,6,9,12H2,(H,18,20). The second kappa shape index (κ2) is 6.00. The zero-order valence-electron chi connectivity index (χ0n) is 12.6. The lowest BCUT2D eigenvalue weighted by molar-refractivity contribution is 0.735. The van der Waals surface area contributed by atoms with Crippen LogP contribution in [0.4, 0.5) is 5.82 Å². The van der Waals surface area contributed by atoms with Crippen LogP contribution in [0.2, 0.25) is 0 Å². The Labute approximate surface area is 133 Å². The summed E-state index contributed by atoms with van der Waals surface area (Å²) >= 11 is 0. The number of fused-ring (bicyclic) bond motifs is 3. The number of nitrogens with zero attached hydrogens (tertiary/aromatic N) is 5. The summed E-state index contributed by atoms with van der Waals surface area (Å²) in [5.41, 5.74) is 2.03. The predicted molar refractivity (Wildman–Crippen MR) is 89.3 cm³/mol. The zero-order chi connectivity index (χ0) is 15.5. The maximum Gasteiger partial charge on any atom is 0.207 e. The minimum Gasteiger partial charge on any atom is -0.368 e. The Kier molecular flexibility index (Phi) is 3.56. The number of rotatable bonds is 5. The minimum atomic E-state index is 0.676. The molecule has 0 radical (unpaired) electrons. The SMILES string of the molecule is c1ccc(CCCNc2nn3nnnc3c3ccccc23)cc1. The number of anilines is 1. The van der Waals surface area contributed by atoms with Crippen LogP contribution in [-0.4, -0.2) is 31.8 Å². The fraction of sp³-hybridized carbons (Fsp3) is 0.176. The maximum atomic E-state index is 4.48. The van der Waals surface area contributed by atoms with Crippen LogP contribution in [0, 0.1) is 0 Å². The molecule has 23 heavy (non-hydrogen) atoms. The number of tetrazole rings is 1. The molecule has 1 N–H and O–H groups in total. The minimum absolute atomic E-state index is 0.676. The lowest BCUT2D eigenvalue weighted by atomic mass is 10.1. The summed E-state index contributed by atoms with van der Waals surface area (Å²) < 4.78 is 1.47. The summed E-state index contributed by atoms with van der Waals surface area (Å²) in [4.78, 5) is 0. The van der Waals surface area contributed by atoms with E-state index in [2.05, 4.69) is 50.2 Å². The molecule has 0 aliphatic rings. The Bertz CT molecular complexity index is 932. The van der Waals surface area contributed by atoms with E-state index in [1.165, 1.54) is 10.2 Å². The molecule has 2 aromatic carbocycles. The van der Waals surface area contributed by atoms with Crippen molar-refractivity contribution in [1.82, 2.24) is 25.3 Å². The lowest BCUT2D eigenvalue weighted by Gasteiger charge is -2.09. The maximum absolute atomic E-state index is 4.48. The zero-order valence-corrected chi connectivity index (χ0v) is 12.6. The second-order valence-corrected chi connectivity index (χ2v) is 5.40. The predicted octanol–water partition coefficient (Wildman–Crippen LogP) is 2.72. The number of benzene rings is 2. The van der Waals surface area contributed by atoms with Crippen molar-refractivity contribution in [2.75, 3.05) is 11.9 Å². The molecule has 6 nitrogen and oxygen atoms in total. The number of aryl methyl sites for hydroxylation is 1. The van der Waals surface area contributed by atoms with Crippen LogP contribution in [0.3, 0.4) is 0 Å². The van der Waals surface area contributed by atoms with Gasteiger partial charge in [-0.1, -0.05) is 54.6 Å². The van der Waals surface area contributed by atoms with Gasteiger partial charge in [-0.3, -0.25) is 0 Å². The third-order valence-corrected chi connectivity index (χ3v) is 3.85. The van der Waals surface area contributed by atoms with Crippen molar-refractivity contribution in [3.63, 3.8) is 0 Å². The van der Waals surface area contributed by atoms with Gasteiger partial charge in [0.1, 0.15) is 0 Å². The van der Waals surface area contributed by atoms with Crippen molar-refractivity contribution in [2.24, 2.45) is 0 Å². The van der Waals surface area contributed by atoms with Gasteiger partial charge in [0, 0.05) is 17.3 Å². The Hall–Kier alpha value is -3.02. The van der Waals surface area contributed by atoms with Gasteiger partial charge in [0.05, 0.1) is 0 Å². The van der Waals surface area contributed by atoms with E-state index < -0.39 is 0 Å². The summed E-state index contributed by atoms with van der Waals surface area (Å²) in [6.45, 7) is 0.847. The number of aromatic nitrogens is 5. The van der Waals surface area contributed by atoms with Crippen LogP contribution < -0.4 is 5.32 Å². The van der Waals surface area contributed by atoms with E-state index in [0.717, 1.165) is 36.0 Å². The number of hydrogen-bond donors (Lipinski definition) is 1. The largest absolute Gasteiger partial charge is 0.368 e. The van der Waals surface area contributed by atoms with Gasteiger partial charge in [0.2, 0.25) is 5.65 Å². The monoisotopic (exact) mass is 304 g/mol. The first-order chi connectivity index (χ1) is 11.4. The molecule has 0 unspecified atom stereocenters. The highest BCUT2D eigenvalue weighted by molar-refractivity contribution is 5.99. The fourth-order valence-corrected chi connectivity index (χ4v) is 2.72. The first kappa shape index (κ1) is 13.6. The lowest BCUT2D eigenvalue weighted by Crippen LogP contribution is -2.08. The van der Waals surface area contributed by atoms with Crippen molar-refractivity contribution >= 4 is 22.2 Å². The Morgan fingerprint density at radius 2 is 1.70 bits per heavy atom. The van der Waals surface area contributed by atoms with Crippen molar-refractivity contribution in [3.8, 4) is 0 Å². The summed E-state index contributed by atoms with van der Waals surface area (Å²) in [7, 11) is 0. The molecule has 0 aliphatic heterocycles. The van der Waals surface area contributed by atoms with E-state index in [0.29, 0.717) is 5.65 Å². The molecule has 4 rings (SSSR count). The van der Waals surface area contributed by atoms with Crippen LogP contribution in [-0.2, 0) is 6.42 Å². The van der Waals surface area contributed by atoms with Crippen molar-refractivity contribution < 1.29 is 0 Å². The van der Waals surface area contributed by atoms with Crippen LogP contribution in [0.1, 0.15) is 12.0 Å². The Balaban J connectivity index is 1.53. The highest BCUT2D eigenvalue weighted by Gasteiger charge is 2.09. The average molecular weight is 304 g/mol. The normalized spacial score (nSPS) is 11.1. The number of hydrogen-bond acceptors (Lipinski definition) is 5. The van der Waals surface area contributed by atoms with Crippen LogP contribution >= 0.6 is 0 Å². The van der Waals surface area contributed by atoms with Crippen molar-refractivity contribution in [3.05, 3.63) is 60.2 Å². The van der Waals surface area contributed by atoms with Gasteiger partial charge in [-0.05, 0) is 28.8 Å². The quantitative estimate of drug-likeness (QED) is 0.574. The molecule has 2 aromatic heterocycles. The topological polar surface area (TPSA) is 68.0 Å². The van der Waals surface area contributed by atoms with Gasteiger partial charge in [0.15, 0.2) is 5.82 Å². The van der Waals surface area contributed by atoms with Gasteiger partial charge in [-0.15, -0.1) is 14.8 Å².